The second kappa shape index (κ2) is 9.48. The second-order valence-corrected chi connectivity index (χ2v) is 14.0. The summed E-state index contributed by atoms with van der Waals surface area (Å²) in [5.41, 5.74) is 0. The van der Waals surface area contributed by atoms with Crippen molar-refractivity contribution in [1.82, 2.24) is 0 Å². The van der Waals surface area contributed by atoms with E-state index in [-0.39, 0.29) is 11.6 Å². The maximum absolute atomic E-state index is 11.1. The summed E-state index contributed by atoms with van der Waals surface area (Å²) in [7, 11) is -2.82. The van der Waals surface area contributed by atoms with Crippen LogP contribution in [0, 0.1) is 12.3 Å². The summed E-state index contributed by atoms with van der Waals surface area (Å²) in [5, 5.41) is 23.4. The zero-order chi connectivity index (χ0) is 23.6. The molecular formula is C26H34O5Si. The fourth-order valence-electron chi connectivity index (χ4n) is 4.52. The summed E-state index contributed by atoms with van der Waals surface area (Å²) in [4.78, 5) is 0. The molecule has 1 heterocycles. The third-order valence-electron chi connectivity index (χ3n) is 5.91. The molecule has 32 heavy (non-hydrogen) atoms. The number of rotatable bonds is 7. The number of ether oxygens (including phenoxy) is 2. The van der Waals surface area contributed by atoms with E-state index in [1.54, 1.807) is 13.8 Å². The van der Waals surface area contributed by atoms with Crippen LogP contribution >= 0.6 is 0 Å². The van der Waals surface area contributed by atoms with Gasteiger partial charge in [0.25, 0.3) is 8.32 Å². The Morgan fingerprint density at radius 2 is 1.44 bits per heavy atom. The van der Waals surface area contributed by atoms with E-state index in [4.69, 9.17) is 20.3 Å². The molecule has 172 valence electrons. The van der Waals surface area contributed by atoms with E-state index in [1.807, 2.05) is 36.4 Å². The highest BCUT2D eigenvalue weighted by atomic mass is 28.4. The Balaban J connectivity index is 1.97. The third-order valence-corrected chi connectivity index (χ3v) is 10.9. The molecule has 0 bridgehead atoms. The van der Waals surface area contributed by atoms with Crippen LogP contribution in [0.5, 0.6) is 0 Å². The molecule has 2 aromatic carbocycles. The highest BCUT2D eigenvalue weighted by Gasteiger charge is 2.52. The van der Waals surface area contributed by atoms with E-state index in [1.165, 1.54) is 0 Å². The first kappa shape index (κ1) is 24.7. The van der Waals surface area contributed by atoms with Gasteiger partial charge in [0, 0.05) is 0 Å². The van der Waals surface area contributed by atoms with Crippen LogP contribution in [0.1, 0.15) is 34.6 Å². The predicted octanol–water partition coefficient (Wildman–Crippen LogP) is 2.44. The Morgan fingerprint density at radius 3 is 1.88 bits per heavy atom. The first-order valence-corrected chi connectivity index (χ1v) is 12.9. The average molecular weight is 455 g/mol. The molecule has 0 aromatic heterocycles. The summed E-state index contributed by atoms with van der Waals surface area (Å²) in [6.45, 7) is 10.0. The summed E-state index contributed by atoms with van der Waals surface area (Å²) in [6.07, 6.45) is 1.54. The molecule has 0 radical (unpaired) electrons. The number of benzene rings is 2. The minimum Gasteiger partial charge on any atom is -0.405 e. The standard InChI is InChI=1S/C26H34O5Si/c1-7-21(27)23-24(31-26(5,6)30-23)22(28)18-29-32(25(2,3)4,19-14-10-8-11-15-19)20-16-12-9-13-17-20/h1,8-17,21-24,27-28H,18H2,2-6H3/t21?,22-,23+,24-/m1/s1. The van der Waals surface area contributed by atoms with Gasteiger partial charge in [0.1, 0.15) is 24.4 Å². The zero-order valence-corrected chi connectivity index (χ0v) is 20.5. The molecule has 1 aliphatic rings. The molecule has 2 N–H and O–H groups in total. The lowest BCUT2D eigenvalue weighted by atomic mass is 10.0. The van der Waals surface area contributed by atoms with Crippen LogP contribution in [0.3, 0.4) is 0 Å². The Labute approximate surface area is 192 Å². The molecule has 3 rings (SSSR count). The van der Waals surface area contributed by atoms with Crippen molar-refractivity contribution < 1.29 is 24.1 Å². The quantitative estimate of drug-likeness (QED) is 0.497. The van der Waals surface area contributed by atoms with Crippen LogP contribution in [-0.4, -0.2) is 55.3 Å². The van der Waals surface area contributed by atoms with Crippen LogP contribution in [0.4, 0.5) is 0 Å². The molecule has 2 aromatic rings. The van der Waals surface area contributed by atoms with Gasteiger partial charge in [0.2, 0.25) is 0 Å². The molecule has 1 aliphatic heterocycles. The third kappa shape index (κ3) is 4.84. The summed E-state index contributed by atoms with van der Waals surface area (Å²) in [6, 6.07) is 20.4. The van der Waals surface area contributed by atoms with Crippen LogP contribution in [0.2, 0.25) is 5.04 Å². The zero-order valence-electron chi connectivity index (χ0n) is 19.5. The SMILES string of the molecule is C#CC(O)[C@@H]1OC(C)(C)O[C@@H]1[C@H](O)CO[Si](c1ccccc1)(c1ccccc1)C(C)(C)C. The minimum atomic E-state index is -2.82. The molecule has 1 saturated heterocycles. The first-order chi connectivity index (χ1) is 15.0. The van der Waals surface area contributed by atoms with Crippen LogP contribution in [-0.2, 0) is 13.9 Å². The van der Waals surface area contributed by atoms with Crippen molar-refractivity contribution in [2.45, 2.75) is 69.9 Å². The summed E-state index contributed by atoms with van der Waals surface area (Å²) in [5.74, 6) is 1.32. The van der Waals surface area contributed by atoms with E-state index in [0.717, 1.165) is 10.4 Å². The topological polar surface area (TPSA) is 68.2 Å². The Kier molecular flexibility index (Phi) is 7.30. The summed E-state index contributed by atoms with van der Waals surface area (Å²) < 4.78 is 18.5. The van der Waals surface area contributed by atoms with Gasteiger partial charge in [-0.15, -0.1) is 6.42 Å². The number of terminal acetylenes is 1. The molecule has 4 atom stereocenters. The second-order valence-electron chi connectivity index (χ2n) is 9.72. The highest BCUT2D eigenvalue weighted by molar-refractivity contribution is 6.99. The Hall–Kier alpha value is -1.98. The smallest absolute Gasteiger partial charge is 0.261 e. The molecular weight excluding hydrogens is 420 g/mol. The van der Waals surface area contributed by atoms with Gasteiger partial charge in [-0.05, 0) is 29.3 Å². The molecule has 0 spiro atoms. The lowest BCUT2D eigenvalue weighted by Gasteiger charge is -2.43. The highest BCUT2D eigenvalue weighted by Crippen LogP contribution is 2.38. The van der Waals surface area contributed by atoms with Gasteiger partial charge in [-0.2, -0.15) is 0 Å². The molecule has 0 saturated carbocycles. The van der Waals surface area contributed by atoms with Crippen molar-refractivity contribution in [3.63, 3.8) is 0 Å². The normalized spacial score (nSPS) is 22.8. The monoisotopic (exact) mass is 454 g/mol. The molecule has 1 unspecified atom stereocenters. The van der Waals surface area contributed by atoms with Crippen LogP contribution in [0.15, 0.2) is 60.7 Å². The van der Waals surface area contributed by atoms with Gasteiger partial charge in [0.05, 0.1) is 6.61 Å². The van der Waals surface area contributed by atoms with Gasteiger partial charge < -0.3 is 24.1 Å². The van der Waals surface area contributed by atoms with E-state index < -0.39 is 38.5 Å². The van der Waals surface area contributed by atoms with Gasteiger partial charge >= 0.3 is 0 Å². The minimum absolute atomic E-state index is 0.0190. The Morgan fingerprint density at radius 1 is 0.969 bits per heavy atom. The fourth-order valence-corrected chi connectivity index (χ4v) is 9.10. The average Bonchev–Trinajstić information content (AvgIpc) is 3.09. The number of aliphatic hydroxyl groups is 2. The van der Waals surface area contributed by atoms with Gasteiger partial charge in [0.15, 0.2) is 5.79 Å². The van der Waals surface area contributed by atoms with Gasteiger partial charge in [-0.3, -0.25) is 0 Å². The first-order valence-electron chi connectivity index (χ1n) is 10.9. The van der Waals surface area contributed by atoms with E-state index in [9.17, 15) is 10.2 Å². The molecule has 6 heteroatoms. The maximum Gasteiger partial charge on any atom is 0.261 e. The number of hydrogen-bond acceptors (Lipinski definition) is 5. The van der Waals surface area contributed by atoms with Gasteiger partial charge in [-0.25, -0.2) is 0 Å². The number of aliphatic hydroxyl groups excluding tert-OH is 2. The lowest BCUT2D eigenvalue weighted by Crippen LogP contribution is -2.67. The maximum atomic E-state index is 11.1. The van der Waals surface area contributed by atoms with E-state index in [2.05, 4.69) is 51.0 Å². The molecule has 1 fully saturated rings. The summed E-state index contributed by atoms with van der Waals surface area (Å²) >= 11 is 0. The molecule has 0 aliphatic carbocycles. The van der Waals surface area contributed by atoms with Crippen molar-refractivity contribution in [2.24, 2.45) is 0 Å². The van der Waals surface area contributed by atoms with E-state index in [0.29, 0.717) is 0 Å². The van der Waals surface area contributed by atoms with Crippen molar-refractivity contribution in [3.05, 3.63) is 60.7 Å². The van der Waals surface area contributed by atoms with Crippen LogP contribution in [0.25, 0.3) is 0 Å². The fraction of sp³-hybridized carbons (Fsp3) is 0.462. The van der Waals surface area contributed by atoms with E-state index >= 15 is 0 Å². The predicted molar refractivity (Wildman–Crippen MR) is 128 cm³/mol. The van der Waals surface area contributed by atoms with Gasteiger partial charge in [-0.1, -0.05) is 87.4 Å². The van der Waals surface area contributed by atoms with Crippen molar-refractivity contribution >= 4 is 18.7 Å². The van der Waals surface area contributed by atoms with Crippen LogP contribution < -0.4 is 10.4 Å². The van der Waals surface area contributed by atoms with Crippen molar-refractivity contribution in [1.29, 1.82) is 0 Å². The lowest BCUT2D eigenvalue weighted by molar-refractivity contribution is -0.160. The van der Waals surface area contributed by atoms with Crippen molar-refractivity contribution in [3.8, 4) is 12.3 Å². The Bertz CT molecular complexity index is 877. The molecule has 5 nitrogen and oxygen atoms in total. The van der Waals surface area contributed by atoms with Crippen molar-refractivity contribution in [2.75, 3.05) is 6.61 Å². The largest absolute Gasteiger partial charge is 0.405 e. The number of hydrogen-bond donors (Lipinski definition) is 2. The molecule has 0 amide bonds.